The molecule has 0 fully saturated rings. The van der Waals surface area contributed by atoms with Gasteiger partial charge >= 0.3 is 0 Å². The molecule has 0 saturated carbocycles. The second-order valence-electron chi connectivity index (χ2n) is 10.5. The van der Waals surface area contributed by atoms with Gasteiger partial charge < -0.3 is 15.0 Å². The quantitative estimate of drug-likeness (QED) is 0.316. The molecule has 0 heterocycles. The first-order valence-electron chi connectivity index (χ1n) is 13.1. The first kappa shape index (κ1) is 31.9. The molecule has 2 amide bonds. The van der Waals surface area contributed by atoms with Crippen molar-refractivity contribution in [3.05, 3.63) is 89.2 Å². The molecule has 8 nitrogen and oxygen atoms in total. The maximum atomic E-state index is 13.9. The summed E-state index contributed by atoms with van der Waals surface area (Å²) in [4.78, 5) is 28.3. The molecule has 1 N–H and O–H groups in total. The van der Waals surface area contributed by atoms with Crippen molar-refractivity contribution in [2.24, 2.45) is 0 Å². The number of sulfonamides is 1. The van der Waals surface area contributed by atoms with E-state index in [1.54, 1.807) is 31.2 Å². The van der Waals surface area contributed by atoms with Gasteiger partial charge in [-0.25, -0.2) is 12.8 Å². The fourth-order valence-corrected chi connectivity index (χ4v) is 5.65. The average Bonchev–Trinajstić information content (AvgIpc) is 2.90. The standard InChI is InChI=1S/C30H35ClFN3O5S/c1-6-40-26-14-16-27(17-15-26)41(38,39)35(25-12-10-24(32)11-13-25)20-28(36)34(19-22-8-7-9-23(31)18-22)21(2)29(37)33-30(3,4)5/h7-18,21H,6,19-20H2,1-5H3,(H,33,37). The van der Waals surface area contributed by atoms with Crippen molar-refractivity contribution in [3.8, 4) is 5.75 Å². The minimum atomic E-state index is -4.30. The predicted octanol–water partition coefficient (Wildman–Crippen LogP) is 5.41. The van der Waals surface area contributed by atoms with Crippen LogP contribution in [-0.4, -0.2) is 49.9 Å². The van der Waals surface area contributed by atoms with E-state index in [0.29, 0.717) is 22.9 Å². The van der Waals surface area contributed by atoms with Gasteiger partial charge in [-0.05, 0) is 101 Å². The number of hydrogen-bond acceptors (Lipinski definition) is 5. The Bertz CT molecular complexity index is 1460. The van der Waals surface area contributed by atoms with Crippen LogP contribution in [-0.2, 0) is 26.2 Å². The molecule has 3 aromatic rings. The Morgan fingerprint density at radius 3 is 2.22 bits per heavy atom. The molecule has 41 heavy (non-hydrogen) atoms. The van der Waals surface area contributed by atoms with Crippen LogP contribution in [0.25, 0.3) is 0 Å². The molecule has 0 aliphatic heterocycles. The lowest BCUT2D eigenvalue weighted by Gasteiger charge is -2.33. The van der Waals surface area contributed by atoms with Gasteiger partial charge in [0.05, 0.1) is 17.2 Å². The fraction of sp³-hybridized carbons (Fsp3) is 0.333. The van der Waals surface area contributed by atoms with Crippen LogP contribution in [0.3, 0.4) is 0 Å². The lowest BCUT2D eigenvalue weighted by molar-refractivity contribution is -0.140. The summed E-state index contributed by atoms with van der Waals surface area (Å²) in [6.07, 6.45) is 0. The molecular weight excluding hydrogens is 569 g/mol. The number of rotatable bonds is 11. The Kier molecular flexibility index (Phi) is 10.4. The van der Waals surface area contributed by atoms with Gasteiger partial charge in [-0.1, -0.05) is 23.7 Å². The SMILES string of the molecule is CCOc1ccc(S(=O)(=O)N(CC(=O)N(Cc2cccc(Cl)c2)C(C)C(=O)NC(C)(C)C)c2ccc(F)cc2)cc1. The zero-order valence-electron chi connectivity index (χ0n) is 23.7. The smallest absolute Gasteiger partial charge is 0.264 e. The molecule has 1 atom stereocenters. The summed E-state index contributed by atoms with van der Waals surface area (Å²) < 4.78 is 47.8. The van der Waals surface area contributed by atoms with Gasteiger partial charge in [0.25, 0.3) is 10.0 Å². The van der Waals surface area contributed by atoms with Gasteiger partial charge in [0, 0.05) is 17.1 Å². The first-order valence-corrected chi connectivity index (χ1v) is 14.9. The van der Waals surface area contributed by atoms with E-state index in [9.17, 15) is 22.4 Å². The maximum Gasteiger partial charge on any atom is 0.264 e. The molecule has 0 aliphatic rings. The van der Waals surface area contributed by atoms with Crippen molar-refractivity contribution in [3.63, 3.8) is 0 Å². The molecule has 3 rings (SSSR count). The van der Waals surface area contributed by atoms with E-state index in [2.05, 4.69) is 5.32 Å². The van der Waals surface area contributed by atoms with Gasteiger partial charge in [-0.2, -0.15) is 0 Å². The highest BCUT2D eigenvalue weighted by Gasteiger charge is 2.33. The van der Waals surface area contributed by atoms with E-state index in [4.69, 9.17) is 16.3 Å². The molecule has 0 aromatic heterocycles. The number of hydrogen-bond donors (Lipinski definition) is 1. The average molecular weight is 604 g/mol. The topological polar surface area (TPSA) is 96.0 Å². The molecule has 3 aromatic carbocycles. The maximum absolute atomic E-state index is 13.9. The lowest BCUT2D eigenvalue weighted by atomic mass is 10.1. The van der Waals surface area contributed by atoms with Crippen molar-refractivity contribution in [1.82, 2.24) is 10.2 Å². The Hall–Kier alpha value is -3.63. The largest absolute Gasteiger partial charge is 0.494 e. The first-order chi connectivity index (χ1) is 19.2. The third kappa shape index (κ3) is 8.68. The van der Waals surface area contributed by atoms with Crippen molar-refractivity contribution >= 4 is 39.1 Å². The third-order valence-electron chi connectivity index (χ3n) is 6.02. The lowest BCUT2D eigenvalue weighted by Crippen LogP contribution is -2.54. The number of carbonyl (C=O) groups excluding carboxylic acids is 2. The Morgan fingerprint density at radius 2 is 1.66 bits per heavy atom. The second kappa shape index (κ2) is 13.4. The summed E-state index contributed by atoms with van der Waals surface area (Å²) in [6.45, 7) is 8.61. The van der Waals surface area contributed by atoms with E-state index < -0.39 is 45.8 Å². The van der Waals surface area contributed by atoms with E-state index in [-0.39, 0.29) is 17.1 Å². The van der Waals surface area contributed by atoms with Gasteiger partial charge in [0.15, 0.2) is 0 Å². The van der Waals surface area contributed by atoms with Crippen LogP contribution in [0.4, 0.5) is 10.1 Å². The van der Waals surface area contributed by atoms with Gasteiger partial charge in [0.2, 0.25) is 11.8 Å². The highest BCUT2D eigenvalue weighted by atomic mass is 35.5. The predicted molar refractivity (Wildman–Crippen MR) is 158 cm³/mol. The molecule has 1 unspecified atom stereocenters. The van der Waals surface area contributed by atoms with Crippen LogP contribution >= 0.6 is 11.6 Å². The third-order valence-corrected chi connectivity index (χ3v) is 8.05. The highest BCUT2D eigenvalue weighted by Crippen LogP contribution is 2.26. The van der Waals surface area contributed by atoms with Crippen molar-refractivity contribution in [2.75, 3.05) is 17.5 Å². The molecular formula is C30H35ClFN3O5S. The summed E-state index contributed by atoms with van der Waals surface area (Å²) >= 11 is 6.16. The van der Waals surface area contributed by atoms with Crippen molar-refractivity contribution in [2.45, 2.75) is 57.6 Å². The van der Waals surface area contributed by atoms with Crippen LogP contribution in [0.1, 0.15) is 40.2 Å². The van der Waals surface area contributed by atoms with Crippen molar-refractivity contribution < 1.29 is 27.1 Å². The number of nitrogens with one attached hydrogen (secondary N) is 1. The molecule has 0 saturated heterocycles. The van der Waals surface area contributed by atoms with E-state index in [1.165, 1.54) is 41.3 Å². The van der Waals surface area contributed by atoms with Gasteiger partial charge in [-0.15, -0.1) is 0 Å². The Labute approximate surface area is 246 Å². The monoisotopic (exact) mass is 603 g/mol. The Morgan fingerprint density at radius 1 is 1.02 bits per heavy atom. The summed E-state index contributed by atoms with van der Waals surface area (Å²) in [6, 6.07) is 16.5. The molecule has 0 radical (unpaired) electrons. The van der Waals surface area contributed by atoms with E-state index in [0.717, 1.165) is 16.4 Å². The Balaban J connectivity index is 2.03. The number of amides is 2. The van der Waals surface area contributed by atoms with Crippen LogP contribution in [0, 0.1) is 5.82 Å². The number of benzene rings is 3. The molecule has 11 heteroatoms. The van der Waals surface area contributed by atoms with Crippen LogP contribution in [0.2, 0.25) is 5.02 Å². The summed E-state index contributed by atoms with van der Waals surface area (Å²) in [5.74, 6) is -1.12. The highest BCUT2D eigenvalue weighted by molar-refractivity contribution is 7.92. The zero-order valence-corrected chi connectivity index (χ0v) is 25.3. The number of carbonyl (C=O) groups is 2. The molecule has 0 bridgehead atoms. The summed E-state index contributed by atoms with van der Waals surface area (Å²) in [5, 5.41) is 3.32. The number of halogens is 2. The van der Waals surface area contributed by atoms with Gasteiger partial charge in [0.1, 0.15) is 24.2 Å². The number of anilines is 1. The number of nitrogens with zero attached hydrogens (tertiary/aromatic N) is 2. The number of ether oxygens (including phenoxy) is 1. The van der Waals surface area contributed by atoms with Crippen LogP contribution in [0.5, 0.6) is 5.75 Å². The van der Waals surface area contributed by atoms with Crippen LogP contribution < -0.4 is 14.4 Å². The summed E-state index contributed by atoms with van der Waals surface area (Å²) in [5.41, 5.74) is 0.180. The normalized spacial score (nSPS) is 12.4. The van der Waals surface area contributed by atoms with Crippen LogP contribution in [0.15, 0.2) is 77.7 Å². The summed E-state index contributed by atoms with van der Waals surface area (Å²) in [7, 11) is -4.30. The van der Waals surface area contributed by atoms with Crippen molar-refractivity contribution in [1.29, 1.82) is 0 Å². The minimum absolute atomic E-state index is 0.00151. The minimum Gasteiger partial charge on any atom is -0.494 e. The zero-order chi connectivity index (χ0) is 30.4. The van der Waals surface area contributed by atoms with E-state index in [1.807, 2.05) is 27.7 Å². The van der Waals surface area contributed by atoms with Gasteiger partial charge in [-0.3, -0.25) is 13.9 Å². The molecule has 0 spiro atoms. The van der Waals surface area contributed by atoms with E-state index >= 15 is 0 Å². The molecule has 220 valence electrons. The fourth-order valence-electron chi connectivity index (χ4n) is 4.03. The second-order valence-corrected chi connectivity index (χ2v) is 12.8. The molecule has 0 aliphatic carbocycles.